The second-order valence-electron chi connectivity index (χ2n) is 4.76. The van der Waals surface area contributed by atoms with E-state index in [9.17, 15) is 0 Å². The monoisotopic (exact) mass is 304 g/mol. The minimum atomic E-state index is 0.00296. The van der Waals surface area contributed by atoms with Crippen molar-refractivity contribution in [1.29, 1.82) is 0 Å². The van der Waals surface area contributed by atoms with E-state index in [0.717, 1.165) is 29.8 Å². The molecule has 1 heterocycles. The minimum Gasteiger partial charge on any atom is -0.494 e. The first-order valence-electron chi connectivity index (χ1n) is 7.32. The number of aromatic nitrogens is 1. The lowest BCUT2D eigenvalue weighted by molar-refractivity contribution is 0.333. The lowest BCUT2D eigenvalue weighted by atomic mass is 9.98. The molecule has 0 saturated carbocycles. The molecule has 1 aromatic carbocycles. The molecule has 0 radical (unpaired) electrons. The van der Waals surface area contributed by atoms with Gasteiger partial charge in [-0.05, 0) is 37.6 Å². The van der Waals surface area contributed by atoms with Gasteiger partial charge in [0, 0.05) is 18.0 Å². The maximum absolute atomic E-state index is 6.33. The Labute approximate surface area is 131 Å². The Bertz CT molecular complexity index is 574. The van der Waals surface area contributed by atoms with Crippen molar-refractivity contribution in [1.82, 2.24) is 10.3 Å². The van der Waals surface area contributed by atoms with Crippen molar-refractivity contribution in [3.63, 3.8) is 0 Å². The minimum absolute atomic E-state index is 0.00296. The van der Waals surface area contributed by atoms with Crippen LogP contribution < -0.4 is 10.1 Å². The van der Waals surface area contributed by atoms with Gasteiger partial charge in [0.1, 0.15) is 5.75 Å². The Kier molecular flexibility index (Phi) is 6.03. The predicted octanol–water partition coefficient (Wildman–Crippen LogP) is 4.22. The number of halogens is 1. The summed E-state index contributed by atoms with van der Waals surface area (Å²) in [5.41, 5.74) is 2.12. The van der Waals surface area contributed by atoms with Gasteiger partial charge in [0.25, 0.3) is 0 Å². The third-order valence-corrected chi connectivity index (χ3v) is 3.56. The van der Waals surface area contributed by atoms with Gasteiger partial charge in [0.2, 0.25) is 0 Å². The normalized spacial score (nSPS) is 12.1. The van der Waals surface area contributed by atoms with E-state index < -0.39 is 0 Å². The molecule has 0 spiro atoms. The highest BCUT2D eigenvalue weighted by Crippen LogP contribution is 2.33. The molecule has 1 unspecified atom stereocenters. The van der Waals surface area contributed by atoms with Crippen LogP contribution >= 0.6 is 11.6 Å². The van der Waals surface area contributed by atoms with Crippen LogP contribution in [0.4, 0.5) is 0 Å². The predicted molar refractivity (Wildman–Crippen MR) is 87.0 cm³/mol. The van der Waals surface area contributed by atoms with E-state index in [1.807, 2.05) is 31.2 Å². The molecule has 3 nitrogen and oxygen atoms in total. The molecule has 2 rings (SSSR count). The number of para-hydroxylation sites is 1. The van der Waals surface area contributed by atoms with Crippen LogP contribution in [0.3, 0.4) is 0 Å². The van der Waals surface area contributed by atoms with Gasteiger partial charge in [0.15, 0.2) is 0 Å². The van der Waals surface area contributed by atoms with E-state index in [2.05, 4.69) is 23.3 Å². The summed E-state index contributed by atoms with van der Waals surface area (Å²) in [6.07, 6.45) is 4.50. The van der Waals surface area contributed by atoms with Crippen LogP contribution in [0.15, 0.2) is 42.7 Å². The third kappa shape index (κ3) is 3.96. The quantitative estimate of drug-likeness (QED) is 0.831. The molecule has 0 amide bonds. The summed E-state index contributed by atoms with van der Waals surface area (Å²) in [6, 6.07) is 10.0. The first kappa shape index (κ1) is 15.8. The second kappa shape index (κ2) is 8.01. The number of pyridine rings is 1. The van der Waals surface area contributed by atoms with E-state index in [4.69, 9.17) is 16.3 Å². The molecule has 0 aliphatic heterocycles. The molecule has 4 heteroatoms. The lowest BCUT2D eigenvalue weighted by Gasteiger charge is -2.23. The zero-order valence-corrected chi connectivity index (χ0v) is 13.2. The van der Waals surface area contributed by atoms with Crippen molar-refractivity contribution >= 4 is 11.6 Å². The molecule has 0 aliphatic carbocycles. The fourth-order valence-corrected chi connectivity index (χ4v) is 2.53. The van der Waals surface area contributed by atoms with Crippen molar-refractivity contribution in [3.05, 3.63) is 58.9 Å². The smallest absolute Gasteiger partial charge is 0.124 e. The average Bonchev–Trinajstić information content (AvgIpc) is 2.51. The molecule has 21 heavy (non-hydrogen) atoms. The number of rotatable bonds is 7. The van der Waals surface area contributed by atoms with Gasteiger partial charge in [-0.25, -0.2) is 0 Å². The highest BCUT2D eigenvalue weighted by molar-refractivity contribution is 6.31. The van der Waals surface area contributed by atoms with Crippen LogP contribution in [0.5, 0.6) is 5.75 Å². The summed E-state index contributed by atoms with van der Waals surface area (Å²) in [6.45, 7) is 5.68. The van der Waals surface area contributed by atoms with Crippen LogP contribution in [-0.2, 0) is 0 Å². The number of nitrogens with zero attached hydrogens (tertiary/aromatic N) is 1. The average molecular weight is 305 g/mol. The summed E-state index contributed by atoms with van der Waals surface area (Å²) in [5, 5.41) is 4.21. The first-order valence-corrected chi connectivity index (χ1v) is 7.70. The van der Waals surface area contributed by atoms with Gasteiger partial charge in [-0.15, -0.1) is 0 Å². The SMILES string of the molecule is CCCNC(c1ccncc1Cl)c1ccccc1OCC. The van der Waals surface area contributed by atoms with Gasteiger partial charge >= 0.3 is 0 Å². The van der Waals surface area contributed by atoms with Crippen molar-refractivity contribution < 1.29 is 4.74 Å². The Morgan fingerprint density at radius 1 is 1.19 bits per heavy atom. The van der Waals surface area contributed by atoms with Gasteiger partial charge in [-0.1, -0.05) is 36.7 Å². The number of benzene rings is 1. The maximum Gasteiger partial charge on any atom is 0.124 e. The Morgan fingerprint density at radius 2 is 2.00 bits per heavy atom. The van der Waals surface area contributed by atoms with E-state index >= 15 is 0 Å². The maximum atomic E-state index is 6.33. The Hall–Kier alpha value is -1.58. The summed E-state index contributed by atoms with van der Waals surface area (Å²) >= 11 is 6.33. The number of hydrogen-bond donors (Lipinski definition) is 1. The van der Waals surface area contributed by atoms with Gasteiger partial charge in [-0.3, -0.25) is 4.98 Å². The molecule has 1 atom stereocenters. The van der Waals surface area contributed by atoms with Crippen molar-refractivity contribution in [3.8, 4) is 5.75 Å². The van der Waals surface area contributed by atoms with Crippen LogP contribution in [0.25, 0.3) is 0 Å². The van der Waals surface area contributed by atoms with Crippen LogP contribution in [0, 0.1) is 0 Å². The fourth-order valence-electron chi connectivity index (χ4n) is 2.30. The fraction of sp³-hybridized carbons (Fsp3) is 0.353. The van der Waals surface area contributed by atoms with E-state index in [0.29, 0.717) is 11.6 Å². The summed E-state index contributed by atoms with van der Waals surface area (Å²) in [5.74, 6) is 0.890. The largest absolute Gasteiger partial charge is 0.494 e. The molecular weight excluding hydrogens is 284 g/mol. The van der Waals surface area contributed by atoms with Crippen LogP contribution in [-0.4, -0.2) is 18.1 Å². The van der Waals surface area contributed by atoms with Crippen molar-refractivity contribution in [2.24, 2.45) is 0 Å². The highest BCUT2D eigenvalue weighted by Gasteiger charge is 2.19. The Balaban J connectivity index is 2.43. The zero-order chi connectivity index (χ0) is 15.1. The van der Waals surface area contributed by atoms with Crippen molar-refractivity contribution in [2.45, 2.75) is 26.3 Å². The number of nitrogens with one attached hydrogen (secondary N) is 1. The zero-order valence-electron chi connectivity index (χ0n) is 12.5. The number of ether oxygens (including phenoxy) is 1. The molecule has 0 bridgehead atoms. The van der Waals surface area contributed by atoms with Crippen LogP contribution in [0.2, 0.25) is 5.02 Å². The molecule has 0 fully saturated rings. The van der Waals surface area contributed by atoms with Crippen LogP contribution in [0.1, 0.15) is 37.4 Å². The molecule has 0 saturated heterocycles. The molecule has 1 aromatic heterocycles. The third-order valence-electron chi connectivity index (χ3n) is 3.24. The second-order valence-corrected chi connectivity index (χ2v) is 5.16. The Morgan fingerprint density at radius 3 is 2.71 bits per heavy atom. The van der Waals surface area contributed by atoms with E-state index in [1.54, 1.807) is 12.4 Å². The summed E-state index contributed by atoms with van der Waals surface area (Å²) in [7, 11) is 0. The van der Waals surface area contributed by atoms with Gasteiger partial charge in [0.05, 0.1) is 17.7 Å². The standard InChI is InChI=1S/C17H21ClN2O/c1-3-10-20-17(13-9-11-19-12-15(13)18)14-7-5-6-8-16(14)21-4-2/h5-9,11-12,17,20H,3-4,10H2,1-2H3. The molecule has 112 valence electrons. The van der Waals surface area contributed by atoms with E-state index in [1.165, 1.54) is 0 Å². The summed E-state index contributed by atoms with van der Waals surface area (Å²) < 4.78 is 5.76. The van der Waals surface area contributed by atoms with Gasteiger partial charge in [-0.2, -0.15) is 0 Å². The van der Waals surface area contributed by atoms with Crippen molar-refractivity contribution in [2.75, 3.05) is 13.2 Å². The number of hydrogen-bond acceptors (Lipinski definition) is 3. The van der Waals surface area contributed by atoms with Gasteiger partial charge < -0.3 is 10.1 Å². The summed E-state index contributed by atoms with van der Waals surface area (Å²) in [4.78, 5) is 4.07. The van der Waals surface area contributed by atoms with E-state index in [-0.39, 0.29) is 6.04 Å². The molecule has 1 N–H and O–H groups in total. The first-order chi connectivity index (χ1) is 10.3. The molecule has 0 aliphatic rings. The molecular formula is C17H21ClN2O. The molecule has 2 aromatic rings. The highest BCUT2D eigenvalue weighted by atomic mass is 35.5. The topological polar surface area (TPSA) is 34.2 Å². The lowest BCUT2D eigenvalue weighted by Crippen LogP contribution is -2.24.